The molecule has 0 saturated heterocycles. The van der Waals surface area contributed by atoms with Gasteiger partial charge >= 0.3 is 0 Å². The number of rotatable bonds is 3. The molecule has 1 aliphatic heterocycles. The number of aromatic amines is 1. The van der Waals surface area contributed by atoms with Crippen LogP contribution in [0.4, 0.5) is 4.39 Å². The molecule has 0 saturated carbocycles. The van der Waals surface area contributed by atoms with E-state index in [1.165, 1.54) is 6.07 Å². The van der Waals surface area contributed by atoms with E-state index in [1.807, 2.05) is 40.7 Å². The summed E-state index contributed by atoms with van der Waals surface area (Å²) in [5, 5.41) is 7.71. The number of benzene rings is 1. The molecule has 2 aliphatic rings. The van der Waals surface area contributed by atoms with Gasteiger partial charge in [-0.15, -0.1) is 0 Å². The lowest BCUT2D eigenvalue weighted by Gasteiger charge is -2.17. The Balaban J connectivity index is 0.00000125. The number of H-pyrrole nitrogens is 1. The molecular weight excluding hydrogens is 381 g/mol. The van der Waals surface area contributed by atoms with Gasteiger partial charge < -0.3 is 15.6 Å². The highest BCUT2D eigenvalue weighted by atomic mass is 19.1. The molecular formula is C24H33FN3O2. The molecule has 2 aromatic rings. The van der Waals surface area contributed by atoms with Crippen molar-refractivity contribution in [2.45, 2.75) is 59.9 Å². The fraction of sp³-hybridized carbons (Fsp3) is 0.375. The van der Waals surface area contributed by atoms with Gasteiger partial charge in [0.2, 0.25) is 5.91 Å². The standard InChI is InChI=1S/C22H23FN3O2.C2H6.2H2/c1-11-8-14-4-5-17(21(14)16(23)9-11)25-19(27)10-15-12(2)20-13(3)24-7-6-18(20)26-22(15)28;1-2;;/h6-9,17,24H,4-5,10H2,1-3H3,(H,25,27)(H,26,28);1-2H3;2*1H/t17-;;;/m0.../s1. The lowest BCUT2D eigenvalue weighted by Crippen LogP contribution is -2.45. The molecule has 0 fully saturated rings. The highest BCUT2D eigenvalue weighted by Gasteiger charge is 2.28. The molecule has 5 nitrogen and oxygen atoms in total. The van der Waals surface area contributed by atoms with Crippen molar-refractivity contribution in [3.05, 3.63) is 73.2 Å². The number of halogens is 1. The average Bonchev–Trinajstić information content (AvgIpc) is 3.09. The Morgan fingerprint density at radius 1 is 1.27 bits per heavy atom. The summed E-state index contributed by atoms with van der Waals surface area (Å²) in [5.74, 6) is -0.549. The SMILES string of the molecule is CC.CC1=c2c(C)c(CC(=O)N[C@H]3CCc4cc(C)cc(F)c43)c(=O)[nH]c2=C[CH]N1.[HH].[HH]. The van der Waals surface area contributed by atoms with Crippen LogP contribution in [0.2, 0.25) is 0 Å². The topological polar surface area (TPSA) is 74.0 Å². The normalized spacial score (nSPS) is 16.5. The predicted octanol–water partition coefficient (Wildman–Crippen LogP) is 2.67. The summed E-state index contributed by atoms with van der Waals surface area (Å²) in [5.41, 5.74) is 4.30. The van der Waals surface area contributed by atoms with Crippen LogP contribution in [0.1, 0.15) is 63.9 Å². The van der Waals surface area contributed by atoms with Gasteiger partial charge in [0.15, 0.2) is 0 Å². The molecule has 4 rings (SSSR count). The minimum absolute atomic E-state index is 0. The maximum atomic E-state index is 14.4. The van der Waals surface area contributed by atoms with Crippen molar-refractivity contribution >= 4 is 17.7 Å². The third kappa shape index (κ3) is 4.04. The first-order valence-electron chi connectivity index (χ1n) is 10.5. The van der Waals surface area contributed by atoms with Gasteiger partial charge in [0.05, 0.1) is 19.0 Å². The fourth-order valence-electron chi connectivity index (χ4n) is 4.34. The molecule has 6 heteroatoms. The van der Waals surface area contributed by atoms with Crippen LogP contribution < -0.4 is 26.8 Å². The van der Waals surface area contributed by atoms with E-state index in [1.54, 1.807) is 12.6 Å². The Kier molecular flexibility index (Phi) is 6.44. The highest BCUT2D eigenvalue weighted by Crippen LogP contribution is 2.34. The Hall–Kier alpha value is -2.89. The van der Waals surface area contributed by atoms with Gasteiger partial charge in [-0.3, -0.25) is 9.59 Å². The van der Waals surface area contributed by atoms with Crippen LogP contribution in [0.25, 0.3) is 11.8 Å². The molecule has 1 aromatic carbocycles. The van der Waals surface area contributed by atoms with Gasteiger partial charge in [0.25, 0.3) is 5.56 Å². The predicted molar refractivity (Wildman–Crippen MR) is 122 cm³/mol. The Morgan fingerprint density at radius 2 is 2.00 bits per heavy atom. The molecule has 1 aromatic heterocycles. The largest absolute Gasteiger partial charge is 0.379 e. The Morgan fingerprint density at radius 3 is 2.73 bits per heavy atom. The molecule has 1 amide bonds. The van der Waals surface area contributed by atoms with E-state index in [2.05, 4.69) is 15.6 Å². The minimum atomic E-state index is -0.349. The average molecular weight is 415 g/mol. The summed E-state index contributed by atoms with van der Waals surface area (Å²) in [6.45, 7) is 11.4. The second-order valence-corrected chi connectivity index (χ2v) is 7.60. The smallest absolute Gasteiger partial charge is 0.252 e. The van der Waals surface area contributed by atoms with Gasteiger partial charge in [-0.1, -0.05) is 19.9 Å². The third-order valence-corrected chi connectivity index (χ3v) is 5.63. The van der Waals surface area contributed by atoms with Crippen LogP contribution in [0.3, 0.4) is 0 Å². The Bertz CT molecular complexity index is 1180. The van der Waals surface area contributed by atoms with Crippen molar-refractivity contribution < 1.29 is 12.0 Å². The van der Waals surface area contributed by atoms with Crippen LogP contribution in [0, 0.1) is 26.2 Å². The van der Waals surface area contributed by atoms with Gasteiger partial charge in [-0.05, 0) is 62.4 Å². The fourth-order valence-corrected chi connectivity index (χ4v) is 4.34. The van der Waals surface area contributed by atoms with Crippen molar-refractivity contribution in [1.29, 1.82) is 0 Å². The molecule has 1 aliphatic carbocycles. The van der Waals surface area contributed by atoms with Crippen LogP contribution in [0.5, 0.6) is 0 Å². The molecule has 1 radical (unpaired) electrons. The molecule has 2 heterocycles. The monoisotopic (exact) mass is 414 g/mol. The number of nitrogens with one attached hydrogen (secondary N) is 3. The van der Waals surface area contributed by atoms with E-state index in [0.29, 0.717) is 17.5 Å². The molecule has 30 heavy (non-hydrogen) atoms. The Labute approximate surface area is 179 Å². The first-order chi connectivity index (χ1) is 14.3. The van der Waals surface area contributed by atoms with Crippen LogP contribution in [-0.2, 0) is 17.6 Å². The molecule has 3 N–H and O–H groups in total. The lowest BCUT2D eigenvalue weighted by atomic mass is 10.0. The van der Waals surface area contributed by atoms with E-state index in [-0.39, 0.29) is 32.6 Å². The zero-order valence-electron chi connectivity index (χ0n) is 18.2. The van der Waals surface area contributed by atoms with Crippen molar-refractivity contribution in [1.82, 2.24) is 15.6 Å². The number of amides is 1. The molecule has 0 spiro atoms. The van der Waals surface area contributed by atoms with Crippen LogP contribution in [0.15, 0.2) is 16.9 Å². The van der Waals surface area contributed by atoms with E-state index in [9.17, 15) is 14.0 Å². The van der Waals surface area contributed by atoms with Crippen molar-refractivity contribution in [3.63, 3.8) is 0 Å². The zero-order chi connectivity index (χ0) is 22.0. The lowest BCUT2D eigenvalue weighted by molar-refractivity contribution is -0.121. The van der Waals surface area contributed by atoms with Crippen molar-refractivity contribution in [2.75, 3.05) is 0 Å². The summed E-state index contributed by atoms with van der Waals surface area (Å²) in [6.07, 6.45) is 3.18. The number of aromatic nitrogens is 1. The zero-order valence-corrected chi connectivity index (χ0v) is 18.2. The van der Waals surface area contributed by atoms with Gasteiger partial charge in [-0.2, -0.15) is 0 Å². The summed E-state index contributed by atoms with van der Waals surface area (Å²) in [4.78, 5) is 28.1. The van der Waals surface area contributed by atoms with Gasteiger partial charge in [0, 0.05) is 30.2 Å². The number of fused-ring (bicyclic) bond motifs is 2. The van der Waals surface area contributed by atoms with Gasteiger partial charge in [0.1, 0.15) is 5.82 Å². The quantitative estimate of drug-likeness (QED) is 0.723. The highest BCUT2D eigenvalue weighted by molar-refractivity contribution is 5.79. The number of carbonyl (C=O) groups is 1. The summed E-state index contributed by atoms with van der Waals surface area (Å²) < 4.78 is 14.4. The van der Waals surface area contributed by atoms with Crippen LogP contribution >= 0.6 is 0 Å². The first kappa shape index (κ1) is 21.8. The summed E-state index contributed by atoms with van der Waals surface area (Å²) >= 11 is 0. The van der Waals surface area contributed by atoms with Crippen molar-refractivity contribution in [3.8, 4) is 0 Å². The summed E-state index contributed by atoms with van der Waals surface area (Å²) in [7, 11) is 0. The summed E-state index contributed by atoms with van der Waals surface area (Å²) in [6, 6.07) is 3.13. The molecule has 0 bridgehead atoms. The second kappa shape index (κ2) is 8.86. The number of carbonyl (C=O) groups excluding carboxylic acids is 1. The second-order valence-electron chi connectivity index (χ2n) is 7.60. The number of hydrogen-bond donors (Lipinski definition) is 3. The minimum Gasteiger partial charge on any atom is -0.379 e. The maximum Gasteiger partial charge on any atom is 0.252 e. The molecule has 0 unspecified atom stereocenters. The third-order valence-electron chi connectivity index (χ3n) is 5.63. The van der Waals surface area contributed by atoms with Gasteiger partial charge in [-0.25, -0.2) is 4.39 Å². The van der Waals surface area contributed by atoms with E-state index >= 15 is 0 Å². The van der Waals surface area contributed by atoms with Crippen molar-refractivity contribution in [2.24, 2.45) is 0 Å². The molecule has 163 valence electrons. The van der Waals surface area contributed by atoms with Crippen LogP contribution in [-0.4, -0.2) is 10.9 Å². The van der Waals surface area contributed by atoms with E-state index < -0.39 is 0 Å². The first-order valence-corrected chi connectivity index (χ1v) is 10.5. The van der Waals surface area contributed by atoms with E-state index in [4.69, 9.17) is 0 Å². The number of pyridine rings is 1. The number of aryl methyl sites for hydroxylation is 2. The number of hydrogen-bond acceptors (Lipinski definition) is 3. The maximum absolute atomic E-state index is 14.4. The molecule has 1 atom stereocenters. The van der Waals surface area contributed by atoms with E-state index in [0.717, 1.165) is 39.4 Å².